The van der Waals surface area contributed by atoms with E-state index in [-0.39, 0.29) is 0 Å². The third kappa shape index (κ3) is 2.79. The summed E-state index contributed by atoms with van der Waals surface area (Å²) in [4.78, 5) is 9.07. The topological polar surface area (TPSA) is 65.7 Å². The largest absolute Gasteiger partial charge is 0.439 e. The van der Waals surface area contributed by atoms with Crippen LogP contribution in [0.3, 0.4) is 0 Å². The molecule has 116 valence electrons. The molecule has 4 rings (SSSR count). The van der Waals surface area contributed by atoms with Gasteiger partial charge in [-0.15, -0.1) is 5.10 Å². The molecular formula is C17H17N5O. The molecule has 0 fully saturated rings. The van der Waals surface area contributed by atoms with Crippen LogP contribution in [0.1, 0.15) is 29.9 Å². The van der Waals surface area contributed by atoms with Gasteiger partial charge in [-0.1, -0.05) is 11.3 Å². The van der Waals surface area contributed by atoms with E-state index in [4.69, 9.17) is 4.74 Å². The molecule has 1 aliphatic carbocycles. The summed E-state index contributed by atoms with van der Waals surface area (Å²) < 4.78 is 7.79. The summed E-state index contributed by atoms with van der Waals surface area (Å²) in [5.74, 6) is 2.18. The van der Waals surface area contributed by atoms with Crippen molar-refractivity contribution in [1.82, 2.24) is 25.0 Å². The second-order valence-electron chi connectivity index (χ2n) is 5.66. The number of hydrogen-bond donors (Lipinski definition) is 0. The van der Waals surface area contributed by atoms with E-state index in [2.05, 4.69) is 20.3 Å². The van der Waals surface area contributed by atoms with Crippen molar-refractivity contribution in [3.05, 3.63) is 53.7 Å². The van der Waals surface area contributed by atoms with Crippen LogP contribution in [0, 0.1) is 6.92 Å². The summed E-state index contributed by atoms with van der Waals surface area (Å²) in [5.41, 5.74) is 3.18. The van der Waals surface area contributed by atoms with Gasteiger partial charge >= 0.3 is 0 Å². The zero-order valence-corrected chi connectivity index (χ0v) is 12.9. The monoisotopic (exact) mass is 307 g/mol. The van der Waals surface area contributed by atoms with Gasteiger partial charge in [0.2, 0.25) is 5.88 Å². The lowest BCUT2D eigenvalue weighted by atomic mass is 9.97. The van der Waals surface area contributed by atoms with Crippen LogP contribution in [-0.2, 0) is 12.8 Å². The molecule has 0 radical (unpaired) electrons. The lowest BCUT2D eigenvalue weighted by molar-refractivity contribution is 0.444. The van der Waals surface area contributed by atoms with Crippen LogP contribution in [-0.4, -0.2) is 25.0 Å². The Labute approximate surface area is 134 Å². The van der Waals surface area contributed by atoms with Gasteiger partial charge in [-0.2, -0.15) is 4.98 Å². The molecule has 0 N–H and O–H groups in total. The van der Waals surface area contributed by atoms with E-state index in [9.17, 15) is 0 Å². The first kappa shape index (κ1) is 13.9. The van der Waals surface area contributed by atoms with Crippen molar-refractivity contribution >= 4 is 0 Å². The second-order valence-corrected chi connectivity index (χ2v) is 5.66. The summed E-state index contributed by atoms with van der Waals surface area (Å²) in [7, 11) is 0. The van der Waals surface area contributed by atoms with Crippen molar-refractivity contribution in [3.63, 3.8) is 0 Å². The number of rotatable bonds is 3. The van der Waals surface area contributed by atoms with E-state index in [1.165, 1.54) is 6.42 Å². The fourth-order valence-corrected chi connectivity index (χ4v) is 2.91. The van der Waals surface area contributed by atoms with Crippen LogP contribution in [0.4, 0.5) is 0 Å². The molecule has 1 aliphatic rings. The van der Waals surface area contributed by atoms with Gasteiger partial charge in [-0.25, -0.2) is 9.67 Å². The predicted molar refractivity (Wildman–Crippen MR) is 84.8 cm³/mol. The molecule has 0 spiro atoms. The van der Waals surface area contributed by atoms with Gasteiger partial charge in [0.25, 0.3) is 0 Å². The fraction of sp³-hybridized carbons (Fsp3) is 0.294. The van der Waals surface area contributed by atoms with Crippen molar-refractivity contribution in [1.29, 1.82) is 0 Å². The van der Waals surface area contributed by atoms with Crippen LogP contribution in [0.25, 0.3) is 5.69 Å². The number of fused-ring (bicyclic) bond motifs is 1. The normalized spacial score (nSPS) is 13.6. The third-order valence-electron chi connectivity index (χ3n) is 3.98. The Morgan fingerprint density at radius 3 is 2.91 bits per heavy atom. The lowest BCUT2D eigenvalue weighted by Gasteiger charge is -2.18. The molecule has 0 atom stereocenters. The van der Waals surface area contributed by atoms with Crippen LogP contribution in [0.15, 0.2) is 36.7 Å². The van der Waals surface area contributed by atoms with E-state index in [1.54, 1.807) is 17.1 Å². The first-order valence-corrected chi connectivity index (χ1v) is 7.80. The maximum Gasteiger partial charge on any atom is 0.225 e. The minimum Gasteiger partial charge on any atom is -0.439 e. The van der Waals surface area contributed by atoms with Crippen molar-refractivity contribution < 1.29 is 4.74 Å². The Hall–Kier alpha value is -2.76. The second kappa shape index (κ2) is 5.79. The highest BCUT2D eigenvalue weighted by Crippen LogP contribution is 2.30. The molecule has 0 saturated carbocycles. The van der Waals surface area contributed by atoms with Crippen LogP contribution >= 0.6 is 0 Å². The maximum absolute atomic E-state index is 6.08. The van der Waals surface area contributed by atoms with Gasteiger partial charge in [-0.05, 0) is 44.7 Å². The van der Waals surface area contributed by atoms with Crippen LogP contribution in [0.5, 0.6) is 11.6 Å². The van der Waals surface area contributed by atoms with E-state index < -0.39 is 0 Å². The Kier molecular flexibility index (Phi) is 3.49. The molecule has 2 aromatic heterocycles. The molecule has 0 amide bonds. The highest BCUT2D eigenvalue weighted by atomic mass is 16.5. The number of aryl methyl sites for hydroxylation is 2. The quantitative estimate of drug-likeness (QED) is 0.744. The van der Waals surface area contributed by atoms with Gasteiger partial charge in [0.15, 0.2) is 0 Å². The lowest BCUT2D eigenvalue weighted by Crippen LogP contribution is -2.10. The molecule has 0 saturated heterocycles. The fourth-order valence-electron chi connectivity index (χ4n) is 2.91. The standard InChI is InChI=1S/C17H17N5O/c1-12-19-16-8-3-2-7-15(16)17(20-12)23-14-6-4-5-13(11-14)22-10-9-18-21-22/h4-6,9-11H,2-3,7-8H2,1H3. The molecule has 2 heterocycles. The molecule has 0 aliphatic heterocycles. The van der Waals surface area contributed by atoms with E-state index in [1.807, 2.05) is 31.2 Å². The number of ether oxygens (including phenoxy) is 1. The van der Waals surface area contributed by atoms with E-state index in [0.717, 1.165) is 47.8 Å². The molecule has 0 unspecified atom stereocenters. The minimum absolute atomic E-state index is 0.683. The average Bonchev–Trinajstić information content (AvgIpc) is 3.09. The van der Waals surface area contributed by atoms with Gasteiger partial charge in [-0.3, -0.25) is 0 Å². The number of benzene rings is 1. The number of hydrogen-bond acceptors (Lipinski definition) is 5. The molecular weight excluding hydrogens is 290 g/mol. The van der Waals surface area contributed by atoms with Gasteiger partial charge in [0.05, 0.1) is 23.8 Å². The van der Waals surface area contributed by atoms with Gasteiger partial charge < -0.3 is 4.74 Å². The first-order chi connectivity index (χ1) is 11.3. The summed E-state index contributed by atoms with van der Waals surface area (Å²) in [6.45, 7) is 1.91. The number of nitrogens with zero attached hydrogens (tertiary/aromatic N) is 5. The van der Waals surface area contributed by atoms with E-state index in [0.29, 0.717) is 5.88 Å². The average molecular weight is 307 g/mol. The smallest absolute Gasteiger partial charge is 0.225 e. The van der Waals surface area contributed by atoms with E-state index >= 15 is 0 Å². The maximum atomic E-state index is 6.08. The van der Waals surface area contributed by atoms with Crippen LogP contribution in [0.2, 0.25) is 0 Å². The van der Waals surface area contributed by atoms with Gasteiger partial charge in [0.1, 0.15) is 11.6 Å². The van der Waals surface area contributed by atoms with Crippen molar-refractivity contribution in [2.24, 2.45) is 0 Å². The molecule has 0 bridgehead atoms. The van der Waals surface area contributed by atoms with Crippen molar-refractivity contribution in [2.75, 3.05) is 0 Å². The zero-order chi connectivity index (χ0) is 15.6. The van der Waals surface area contributed by atoms with Crippen LogP contribution < -0.4 is 4.74 Å². The molecule has 6 heteroatoms. The first-order valence-electron chi connectivity index (χ1n) is 7.80. The van der Waals surface area contributed by atoms with Crippen molar-refractivity contribution in [3.8, 4) is 17.3 Å². The summed E-state index contributed by atoms with van der Waals surface area (Å²) in [5, 5.41) is 7.84. The summed E-state index contributed by atoms with van der Waals surface area (Å²) >= 11 is 0. The molecule has 3 aromatic rings. The summed E-state index contributed by atoms with van der Waals surface area (Å²) in [6.07, 6.45) is 7.79. The molecule has 1 aromatic carbocycles. The highest BCUT2D eigenvalue weighted by molar-refractivity contribution is 5.42. The predicted octanol–water partition coefficient (Wildman–Crippen LogP) is 3.04. The zero-order valence-electron chi connectivity index (χ0n) is 12.9. The Balaban J connectivity index is 1.69. The Bertz CT molecular complexity index is 829. The Morgan fingerprint density at radius 2 is 2.04 bits per heavy atom. The number of aromatic nitrogens is 5. The highest BCUT2D eigenvalue weighted by Gasteiger charge is 2.18. The Morgan fingerprint density at radius 1 is 1.13 bits per heavy atom. The molecule has 23 heavy (non-hydrogen) atoms. The SMILES string of the molecule is Cc1nc2c(c(Oc3cccc(-n4ccnn4)c3)n1)CCCC2. The van der Waals surface area contributed by atoms with Crippen molar-refractivity contribution in [2.45, 2.75) is 32.6 Å². The summed E-state index contributed by atoms with van der Waals surface area (Å²) in [6, 6.07) is 7.75. The molecule has 6 nitrogen and oxygen atoms in total. The van der Waals surface area contributed by atoms with Gasteiger partial charge in [0, 0.05) is 11.6 Å². The minimum atomic E-state index is 0.683. The third-order valence-corrected chi connectivity index (χ3v) is 3.98.